The second-order valence-corrected chi connectivity index (χ2v) is 5.18. The number of nitrogens with one attached hydrogen (secondary N) is 1. The zero-order chi connectivity index (χ0) is 15.5. The summed E-state index contributed by atoms with van der Waals surface area (Å²) in [5.74, 6) is -0.306. The van der Waals surface area contributed by atoms with E-state index in [9.17, 15) is 4.79 Å². The molecule has 0 bridgehead atoms. The fourth-order valence-corrected chi connectivity index (χ4v) is 2.15. The molecule has 1 amide bonds. The molecule has 3 rings (SSSR count). The van der Waals surface area contributed by atoms with Crippen LogP contribution in [0.2, 0.25) is 5.02 Å². The average molecular weight is 314 g/mol. The lowest BCUT2D eigenvalue weighted by Crippen LogP contribution is -2.12. The molecule has 6 heteroatoms. The van der Waals surface area contributed by atoms with Gasteiger partial charge in [0.2, 0.25) is 5.89 Å². The standard InChI is InChI=1S/C16H12ClN3O2/c1-10-4-2-7-13(8-10)18-14(21)16-20-19-15(22-16)11-5-3-6-12(17)9-11/h2-9H,1H3,(H,18,21). The SMILES string of the molecule is Cc1cccc(NC(=O)c2nnc(-c3cccc(Cl)c3)o2)c1. The highest BCUT2D eigenvalue weighted by Crippen LogP contribution is 2.21. The second kappa shape index (κ2) is 5.99. The average Bonchev–Trinajstić information content (AvgIpc) is 2.97. The maximum Gasteiger partial charge on any atom is 0.313 e. The number of anilines is 1. The number of carbonyl (C=O) groups is 1. The van der Waals surface area contributed by atoms with Gasteiger partial charge in [0.15, 0.2) is 0 Å². The van der Waals surface area contributed by atoms with Crippen molar-refractivity contribution in [2.75, 3.05) is 5.32 Å². The summed E-state index contributed by atoms with van der Waals surface area (Å²) >= 11 is 5.92. The Balaban J connectivity index is 1.80. The number of nitrogens with zero attached hydrogens (tertiary/aromatic N) is 2. The first-order valence-corrected chi connectivity index (χ1v) is 6.97. The van der Waals surface area contributed by atoms with Gasteiger partial charge in [-0.3, -0.25) is 4.79 Å². The highest BCUT2D eigenvalue weighted by atomic mass is 35.5. The van der Waals surface area contributed by atoms with Gasteiger partial charge >= 0.3 is 11.8 Å². The van der Waals surface area contributed by atoms with Crippen LogP contribution in [0.15, 0.2) is 52.9 Å². The molecule has 0 aliphatic rings. The monoisotopic (exact) mass is 313 g/mol. The molecule has 2 aromatic carbocycles. The van der Waals surface area contributed by atoms with Crippen molar-refractivity contribution in [1.29, 1.82) is 0 Å². The Kier molecular flexibility index (Phi) is 3.89. The molecular formula is C16H12ClN3O2. The molecule has 0 aliphatic carbocycles. The number of amides is 1. The molecule has 0 atom stereocenters. The first-order chi connectivity index (χ1) is 10.6. The Morgan fingerprint density at radius 3 is 2.73 bits per heavy atom. The van der Waals surface area contributed by atoms with Gasteiger partial charge in [-0.25, -0.2) is 0 Å². The minimum Gasteiger partial charge on any atom is -0.412 e. The van der Waals surface area contributed by atoms with E-state index >= 15 is 0 Å². The molecule has 3 aromatic rings. The van der Waals surface area contributed by atoms with Crippen LogP contribution in [-0.2, 0) is 0 Å². The minimum absolute atomic E-state index is 0.100. The second-order valence-electron chi connectivity index (χ2n) is 4.75. The lowest BCUT2D eigenvalue weighted by Gasteiger charge is -2.02. The smallest absolute Gasteiger partial charge is 0.313 e. The van der Waals surface area contributed by atoms with Crippen LogP contribution < -0.4 is 5.32 Å². The molecule has 0 unspecified atom stereocenters. The van der Waals surface area contributed by atoms with Crippen molar-refractivity contribution in [3.05, 3.63) is 65.0 Å². The van der Waals surface area contributed by atoms with Crippen molar-refractivity contribution in [1.82, 2.24) is 10.2 Å². The van der Waals surface area contributed by atoms with Crippen molar-refractivity contribution in [2.45, 2.75) is 6.92 Å². The molecule has 0 saturated carbocycles. The number of hydrogen-bond donors (Lipinski definition) is 1. The molecular weight excluding hydrogens is 302 g/mol. The van der Waals surface area contributed by atoms with E-state index in [-0.39, 0.29) is 11.8 Å². The third-order valence-corrected chi connectivity index (χ3v) is 3.20. The molecule has 1 aromatic heterocycles. The third kappa shape index (κ3) is 3.15. The van der Waals surface area contributed by atoms with Crippen LogP contribution in [0.4, 0.5) is 5.69 Å². The van der Waals surface area contributed by atoms with E-state index in [1.807, 2.05) is 25.1 Å². The van der Waals surface area contributed by atoms with Crippen LogP contribution in [0.3, 0.4) is 0 Å². The third-order valence-electron chi connectivity index (χ3n) is 2.97. The van der Waals surface area contributed by atoms with Gasteiger partial charge in [-0.05, 0) is 42.8 Å². The molecule has 0 spiro atoms. The summed E-state index contributed by atoms with van der Waals surface area (Å²) < 4.78 is 5.40. The van der Waals surface area contributed by atoms with Gasteiger partial charge < -0.3 is 9.73 Å². The Morgan fingerprint density at radius 2 is 1.95 bits per heavy atom. The lowest BCUT2D eigenvalue weighted by atomic mass is 10.2. The summed E-state index contributed by atoms with van der Waals surface area (Å²) in [6.45, 7) is 1.94. The number of aromatic nitrogens is 2. The zero-order valence-electron chi connectivity index (χ0n) is 11.7. The fraction of sp³-hybridized carbons (Fsp3) is 0.0625. The van der Waals surface area contributed by atoms with Crippen molar-refractivity contribution in [2.24, 2.45) is 0 Å². The van der Waals surface area contributed by atoms with Crippen LogP contribution in [0.5, 0.6) is 0 Å². The summed E-state index contributed by atoms with van der Waals surface area (Å²) in [4.78, 5) is 12.1. The topological polar surface area (TPSA) is 68.0 Å². The van der Waals surface area contributed by atoms with E-state index < -0.39 is 5.91 Å². The molecule has 0 saturated heterocycles. The molecule has 1 heterocycles. The summed E-state index contributed by atoms with van der Waals surface area (Å²) in [6, 6.07) is 14.4. The maximum atomic E-state index is 12.1. The summed E-state index contributed by atoms with van der Waals surface area (Å²) in [6.07, 6.45) is 0. The van der Waals surface area contributed by atoms with Gasteiger partial charge in [-0.2, -0.15) is 0 Å². The van der Waals surface area contributed by atoms with Gasteiger partial charge in [-0.1, -0.05) is 29.8 Å². The Hall–Kier alpha value is -2.66. The van der Waals surface area contributed by atoms with Gasteiger partial charge in [0.1, 0.15) is 0 Å². The normalized spacial score (nSPS) is 10.5. The summed E-state index contributed by atoms with van der Waals surface area (Å²) in [7, 11) is 0. The summed E-state index contributed by atoms with van der Waals surface area (Å²) in [5.41, 5.74) is 2.38. The largest absolute Gasteiger partial charge is 0.412 e. The van der Waals surface area contributed by atoms with Gasteiger partial charge in [0.05, 0.1) is 0 Å². The number of benzene rings is 2. The van der Waals surface area contributed by atoms with Crippen LogP contribution in [0.1, 0.15) is 16.2 Å². The van der Waals surface area contributed by atoms with E-state index in [0.717, 1.165) is 5.56 Å². The number of aryl methyl sites for hydroxylation is 1. The van der Waals surface area contributed by atoms with E-state index in [1.54, 1.807) is 30.3 Å². The van der Waals surface area contributed by atoms with E-state index in [0.29, 0.717) is 16.3 Å². The maximum absolute atomic E-state index is 12.1. The molecule has 5 nitrogen and oxygen atoms in total. The van der Waals surface area contributed by atoms with Crippen LogP contribution in [-0.4, -0.2) is 16.1 Å². The molecule has 0 aliphatic heterocycles. The Labute approximate surface area is 131 Å². The summed E-state index contributed by atoms with van der Waals surface area (Å²) in [5, 5.41) is 10.9. The molecule has 0 radical (unpaired) electrons. The lowest BCUT2D eigenvalue weighted by molar-refractivity contribution is 0.0991. The van der Waals surface area contributed by atoms with Gasteiger partial charge in [-0.15, -0.1) is 10.2 Å². The van der Waals surface area contributed by atoms with Crippen molar-refractivity contribution in [3.8, 4) is 11.5 Å². The molecule has 110 valence electrons. The Bertz CT molecular complexity index is 830. The molecule has 0 fully saturated rings. The zero-order valence-corrected chi connectivity index (χ0v) is 12.5. The highest BCUT2D eigenvalue weighted by Gasteiger charge is 2.16. The quantitative estimate of drug-likeness (QED) is 0.795. The first-order valence-electron chi connectivity index (χ1n) is 6.59. The van der Waals surface area contributed by atoms with Crippen LogP contribution >= 0.6 is 11.6 Å². The van der Waals surface area contributed by atoms with E-state index in [4.69, 9.17) is 16.0 Å². The highest BCUT2D eigenvalue weighted by molar-refractivity contribution is 6.30. The minimum atomic E-state index is -0.452. The molecule has 22 heavy (non-hydrogen) atoms. The van der Waals surface area contributed by atoms with E-state index in [2.05, 4.69) is 15.5 Å². The van der Waals surface area contributed by atoms with Crippen LogP contribution in [0, 0.1) is 6.92 Å². The van der Waals surface area contributed by atoms with Crippen molar-refractivity contribution < 1.29 is 9.21 Å². The molecule has 1 N–H and O–H groups in total. The number of halogens is 1. The van der Waals surface area contributed by atoms with Crippen molar-refractivity contribution in [3.63, 3.8) is 0 Å². The van der Waals surface area contributed by atoms with Gasteiger partial charge in [0.25, 0.3) is 0 Å². The van der Waals surface area contributed by atoms with E-state index in [1.165, 1.54) is 0 Å². The fourth-order valence-electron chi connectivity index (χ4n) is 1.96. The van der Waals surface area contributed by atoms with Crippen molar-refractivity contribution >= 4 is 23.2 Å². The predicted octanol–water partition coefficient (Wildman–Crippen LogP) is 3.95. The first kappa shape index (κ1) is 14.3. The number of hydrogen-bond acceptors (Lipinski definition) is 4. The predicted molar refractivity (Wildman–Crippen MR) is 83.9 cm³/mol. The van der Waals surface area contributed by atoms with Crippen LogP contribution in [0.25, 0.3) is 11.5 Å². The van der Waals surface area contributed by atoms with Gasteiger partial charge in [0, 0.05) is 16.3 Å². The number of rotatable bonds is 3. The Morgan fingerprint density at radius 1 is 1.14 bits per heavy atom. The number of carbonyl (C=O) groups excluding carboxylic acids is 1.